The standard InChI is InChI=1S/C15H15NO4S/c1-7-8(2)13(18)16(12(7)17)14-11(15(19)20)9-5-3-4-6-10(9)21-14/h3-6H2,1-2H3,(H,19,20). The first-order valence-electron chi connectivity index (χ1n) is 6.87. The molecule has 1 aliphatic carbocycles. The molecule has 0 aromatic carbocycles. The van der Waals surface area contributed by atoms with E-state index >= 15 is 0 Å². The van der Waals surface area contributed by atoms with Gasteiger partial charge in [-0.15, -0.1) is 11.3 Å². The van der Waals surface area contributed by atoms with Crippen LogP contribution in [0.2, 0.25) is 0 Å². The minimum atomic E-state index is -1.06. The Hall–Kier alpha value is -1.95. The van der Waals surface area contributed by atoms with Gasteiger partial charge >= 0.3 is 5.97 Å². The van der Waals surface area contributed by atoms with Crippen molar-refractivity contribution in [1.82, 2.24) is 0 Å². The van der Waals surface area contributed by atoms with Crippen LogP contribution in [-0.4, -0.2) is 22.9 Å². The number of carboxylic acids is 1. The number of thiophene rings is 1. The van der Waals surface area contributed by atoms with Gasteiger partial charge in [0.05, 0.1) is 5.56 Å². The number of aryl methyl sites for hydroxylation is 1. The smallest absolute Gasteiger partial charge is 0.339 e. The summed E-state index contributed by atoms with van der Waals surface area (Å²) in [7, 11) is 0. The SMILES string of the molecule is CC1=C(C)C(=O)N(c2sc3c(c2C(=O)O)CCCC3)C1=O. The molecule has 1 N–H and O–H groups in total. The van der Waals surface area contributed by atoms with E-state index in [4.69, 9.17) is 0 Å². The number of anilines is 1. The summed E-state index contributed by atoms with van der Waals surface area (Å²) in [4.78, 5) is 38.2. The molecule has 0 radical (unpaired) electrons. The summed E-state index contributed by atoms with van der Waals surface area (Å²) < 4.78 is 0. The highest BCUT2D eigenvalue weighted by Crippen LogP contribution is 2.42. The van der Waals surface area contributed by atoms with Crippen LogP contribution in [0.3, 0.4) is 0 Å². The van der Waals surface area contributed by atoms with Gasteiger partial charge in [-0.2, -0.15) is 0 Å². The molecule has 2 amide bonds. The van der Waals surface area contributed by atoms with Crippen LogP contribution >= 0.6 is 11.3 Å². The van der Waals surface area contributed by atoms with E-state index in [0.717, 1.165) is 34.6 Å². The number of hydrogen-bond donors (Lipinski definition) is 1. The second-order valence-electron chi connectivity index (χ2n) is 5.39. The van der Waals surface area contributed by atoms with Crippen LogP contribution in [0.15, 0.2) is 11.1 Å². The van der Waals surface area contributed by atoms with Crippen LogP contribution < -0.4 is 4.90 Å². The van der Waals surface area contributed by atoms with E-state index in [9.17, 15) is 19.5 Å². The van der Waals surface area contributed by atoms with Crippen molar-refractivity contribution >= 4 is 34.1 Å². The third-order valence-corrected chi connectivity index (χ3v) is 5.46. The predicted octanol–water partition coefficient (Wildman–Crippen LogP) is 2.53. The number of carbonyl (C=O) groups excluding carboxylic acids is 2. The minimum Gasteiger partial charge on any atom is -0.478 e. The molecule has 1 aromatic rings. The van der Waals surface area contributed by atoms with Crippen LogP contribution in [0.1, 0.15) is 47.5 Å². The molecule has 0 spiro atoms. The molecule has 1 aliphatic heterocycles. The molecule has 2 aliphatic rings. The predicted molar refractivity (Wildman–Crippen MR) is 78.8 cm³/mol. The van der Waals surface area contributed by atoms with E-state index in [1.165, 1.54) is 11.3 Å². The first kappa shape index (κ1) is 14.0. The Morgan fingerprint density at radius 2 is 1.67 bits per heavy atom. The van der Waals surface area contributed by atoms with Crippen molar-refractivity contribution in [2.45, 2.75) is 39.5 Å². The molecule has 0 bridgehead atoms. The van der Waals surface area contributed by atoms with Crippen molar-refractivity contribution < 1.29 is 19.5 Å². The van der Waals surface area contributed by atoms with Gasteiger partial charge in [0, 0.05) is 16.0 Å². The lowest BCUT2D eigenvalue weighted by Crippen LogP contribution is -2.31. The highest BCUT2D eigenvalue weighted by atomic mass is 32.1. The number of fused-ring (bicyclic) bond motifs is 1. The van der Waals surface area contributed by atoms with Gasteiger partial charge in [-0.05, 0) is 45.1 Å². The molecule has 0 atom stereocenters. The molecule has 5 nitrogen and oxygen atoms in total. The summed E-state index contributed by atoms with van der Waals surface area (Å²) in [5.41, 5.74) is 1.72. The molecule has 1 aromatic heterocycles. The summed E-state index contributed by atoms with van der Waals surface area (Å²) >= 11 is 1.28. The molecule has 0 saturated carbocycles. The zero-order valence-electron chi connectivity index (χ0n) is 11.9. The maximum Gasteiger partial charge on any atom is 0.339 e. The van der Waals surface area contributed by atoms with Crippen molar-refractivity contribution in [3.63, 3.8) is 0 Å². The molecule has 21 heavy (non-hydrogen) atoms. The number of aromatic carboxylic acids is 1. The fraction of sp³-hybridized carbons (Fsp3) is 0.400. The third kappa shape index (κ3) is 1.93. The summed E-state index contributed by atoms with van der Waals surface area (Å²) in [6.45, 7) is 3.20. The number of nitrogens with zero attached hydrogens (tertiary/aromatic N) is 1. The number of imide groups is 1. The van der Waals surface area contributed by atoms with E-state index in [2.05, 4.69) is 0 Å². The molecule has 0 saturated heterocycles. The maximum atomic E-state index is 12.3. The van der Waals surface area contributed by atoms with E-state index < -0.39 is 17.8 Å². The van der Waals surface area contributed by atoms with Crippen LogP contribution in [-0.2, 0) is 22.4 Å². The summed E-state index contributed by atoms with van der Waals surface area (Å²) in [5, 5.41) is 9.80. The molecule has 0 unspecified atom stereocenters. The average molecular weight is 305 g/mol. The second-order valence-corrected chi connectivity index (χ2v) is 6.48. The van der Waals surface area contributed by atoms with Crippen molar-refractivity contribution in [2.24, 2.45) is 0 Å². The van der Waals surface area contributed by atoms with Gasteiger partial charge in [0.1, 0.15) is 5.00 Å². The second kappa shape index (κ2) is 4.80. The maximum absolute atomic E-state index is 12.3. The first-order chi connectivity index (χ1) is 9.93. The van der Waals surface area contributed by atoms with Gasteiger partial charge in [-0.1, -0.05) is 0 Å². The Bertz CT molecular complexity index is 690. The molecule has 0 fully saturated rings. The van der Waals surface area contributed by atoms with Crippen molar-refractivity contribution in [2.75, 3.05) is 4.90 Å². The normalized spacial score (nSPS) is 18.5. The zero-order valence-corrected chi connectivity index (χ0v) is 12.7. The van der Waals surface area contributed by atoms with E-state index in [-0.39, 0.29) is 10.6 Å². The third-order valence-electron chi connectivity index (χ3n) is 4.18. The van der Waals surface area contributed by atoms with Crippen LogP contribution in [0.5, 0.6) is 0 Å². The van der Waals surface area contributed by atoms with Gasteiger partial charge in [0.25, 0.3) is 11.8 Å². The van der Waals surface area contributed by atoms with Gasteiger partial charge in [0.2, 0.25) is 0 Å². The fourth-order valence-electron chi connectivity index (χ4n) is 2.86. The number of carbonyl (C=O) groups is 3. The molecule has 6 heteroatoms. The number of rotatable bonds is 2. The Morgan fingerprint density at radius 3 is 2.24 bits per heavy atom. The monoisotopic (exact) mass is 305 g/mol. The molecule has 2 heterocycles. The molecular formula is C15H15NO4S. The quantitative estimate of drug-likeness (QED) is 0.852. The summed E-state index contributed by atoms with van der Waals surface area (Å²) in [6, 6.07) is 0. The largest absolute Gasteiger partial charge is 0.478 e. The van der Waals surface area contributed by atoms with Crippen LogP contribution in [0.4, 0.5) is 5.00 Å². The Morgan fingerprint density at radius 1 is 1.10 bits per heavy atom. The lowest BCUT2D eigenvalue weighted by molar-refractivity contribution is -0.120. The van der Waals surface area contributed by atoms with E-state index in [0.29, 0.717) is 17.6 Å². The zero-order chi connectivity index (χ0) is 15.3. The van der Waals surface area contributed by atoms with Crippen LogP contribution in [0.25, 0.3) is 0 Å². The number of hydrogen-bond acceptors (Lipinski definition) is 4. The minimum absolute atomic E-state index is 0.138. The van der Waals surface area contributed by atoms with Crippen molar-refractivity contribution in [3.05, 3.63) is 27.2 Å². The highest BCUT2D eigenvalue weighted by molar-refractivity contribution is 7.17. The Kier molecular flexibility index (Phi) is 3.20. The van der Waals surface area contributed by atoms with Gasteiger partial charge in [-0.25, -0.2) is 9.69 Å². The van der Waals surface area contributed by atoms with E-state index in [1.807, 2.05) is 0 Å². The Labute approximate surface area is 125 Å². The lowest BCUT2D eigenvalue weighted by atomic mass is 9.95. The van der Waals surface area contributed by atoms with E-state index in [1.54, 1.807) is 13.8 Å². The highest BCUT2D eigenvalue weighted by Gasteiger charge is 2.39. The summed E-state index contributed by atoms with van der Waals surface area (Å²) in [6.07, 6.45) is 3.49. The molecule has 110 valence electrons. The fourth-order valence-corrected chi connectivity index (χ4v) is 4.24. The van der Waals surface area contributed by atoms with Crippen molar-refractivity contribution in [3.8, 4) is 0 Å². The number of carboxylic acid groups (broad SMARTS) is 1. The number of amides is 2. The van der Waals surface area contributed by atoms with Gasteiger partial charge < -0.3 is 5.11 Å². The average Bonchev–Trinajstić information content (AvgIpc) is 2.91. The molecular weight excluding hydrogens is 290 g/mol. The summed E-state index contributed by atoms with van der Waals surface area (Å²) in [5.74, 6) is -1.87. The van der Waals surface area contributed by atoms with Gasteiger partial charge in [-0.3, -0.25) is 9.59 Å². The van der Waals surface area contributed by atoms with Gasteiger partial charge in [0.15, 0.2) is 0 Å². The van der Waals surface area contributed by atoms with Crippen LogP contribution in [0, 0.1) is 0 Å². The Balaban J connectivity index is 2.16. The lowest BCUT2D eigenvalue weighted by Gasteiger charge is -2.14. The molecule has 3 rings (SSSR count). The van der Waals surface area contributed by atoms with Crippen molar-refractivity contribution in [1.29, 1.82) is 0 Å². The first-order valence-corrected chi connectivity index (χ1v) is 7.69. The topological polar surface area (TPSA) is 74.7 Å².